The van der Waals surface area contributed by atoms with Crippen LogP contribution >= 0.6 is 23.6 Å². The van der Waals surface area contributed by atoms with Gasteiger partial charge in [0.05, 0.1) is 11.5 Å². The molecule has 3 N–H and O–H groups in total. The van der Waals surface area contributed by atoms with E-state index in [1.165, 1.54) is 11.3 Å². The van der Waals surface area contributed by atoms with E-state index in [1.54, 1.807) is 54.6 Å². The summed E-state index contributed by atoms with van der Waals surface area (Å²) in [5, 5.41) is 10.4. The van der Waals surface area contributed by atoms with Crippen LogP contribution in [-0.4, -0.2) is 23.5 Å². The van der Waals surface area contributed by atoms with Crippen molar-refractivity contribution in [2.75, 3.05) is 17.2 Å². The Morgan fingerprint density at radius 1 is 0.966 bits per heavy atom. The molecule has 29 heavy (non-hydrogen) atoms. The SMILES string of the molecule is CCOc1cccc(C(=O)NC(=S)Nc2ccc(NC(=O)c3cccs3)cc2)c1. The molecule has 3 aromatic rings. The first-order chi connectivity index (χ1) is 14.0. The Balaban J connectivity index is 1.54. The number of benzene rings is 2. The minimum atomic E-state index is -0.330. The molecule has 0 fully saturated rings. The molecule has 1 aromatic heterocycles. The quantitative estimate of drug-likeness (QED) is 0.506. The van der Waals surface area contributed by atoms with Crippen LogP contribution in [0.4, 0.5) is 11.4 Å². The first-order valence-electron chi connectivity index (χ1n) is 8.85. The molecule has 2 aromatic carbocycles. The van der Waals surface area contributed by atoms with Gasteiger partial charge in [-0.15, -0.1) is 11.3 Å². The molecule has 2 amide bonds. The largest absolute Gasteiger partial charge is 0.494 e. The zero-order valence-electron chi connectivity index (χ0n) is 15.6. The first-order valence-corrected chi connectivity index (χ1v) is 10.1. The molecule has 0 aliphatic rings. The molecule has 0 radical (unpaired) electrons. The molecule has 0 unspecified atom stereocenters. The Hall–Kier alpha value is -3.23. The fourth-order valence-corrected chi connectivity index (χ4v) is 3.30. The summed E-state index contributed by atoms with van der Waals surface area (Å²) in [5.74, 6) is 0.140. The van der Waals surface area contributed by atoms with E-state index in [0.717, 1.165) is 0 Å². The number of hydrogen-bond donors (Lipinski definition) is 3. The molecule has 1 heterocycles. The fraction of sp³-hybridized carbons (Fsp3) is 0.0952. The van der Waals surface area contributed by atoms with Crippen LogP contribution in [0.1, 0.15) is 27.0 Å². The topological polar surface area (TPSA) is 79.5 Å². The van der Waals surface area contributed by atoms with Crippen LogP contribution < -0.4 is 20.7 Å². The molecule has 6 nitrogen and oxygen atoms in total. The van der Waals surface area contributed by atoms with E-state index in [0.29, 0.717) is 34.2 Å². The standard InChI is InChI=1S/C21H19N3O3S2/c1-2-27-17-6-3-5-14(13-17)19(25)24-21(28)23-16-10-8-15(9-11-16)22-20(26)18-7-4-12-29-18/h3-13H,2H2,1H3,(H,22,26)(H2,23,24,25,28). The monoisotopic (exact) mass is 425 g/mol. The Morgan fingerprint density at radius 2 is 1.69 bits per heavy atom. The van der Waals surface area contributed by atoms with Gasteiger partial charge >= 0.3 is 0 Å². The number of carbonyl (C=O) groups is 2. The van der Waals surface area contributed by atoms with Crippen LogP contribution in [0.15, 0.2) is 66.0 Å². The number of carbonyl (C=O) groups excluding carboxylic acids is 2. The van der Waals surface area contributed by atoms with E-state index in [-0.39, 0.29) is 16.9 Å². The highest BCUT2D eigenvalue weighted by molar-refractivity contribution is 7.80. The predicted molar refractivity (Wildman–Crippen MR) is 120 cm³/mol. The lowest BCUT2D eigenvalue weighted by molar-refractivity contribution is 0.0976. The molecule has 0 atom stereocenters. The molecular weight excluding hydrogens is 406 g/mol. The Morgan fingerprint density at radius 3 is 2.34 bits per heavy atom. The molecule has 0 saturated heterocycles. The van der Waals surface area contributed by atoms with Gasteiger partial charge in [0.1, 0.15) is 5.75 Å². The van der Waals surface area contributed by atoms with E-state index >= 15 is 0 Å². The number of hydrogen-bond acceptors (Lipinski definition) is 5. The van der Waals surface area contributed by atoms with E-state index in [2.05, 4.69) is 16.0 Å². The van der Waals surface area contributed by atoms with Crippen LogP contribution in [0, 0.1) is 0 Å². The van der Waals surface area contributed by atoms with Crippen molar-refractivity contribution < 1.29 is 14.3 Å². The number of ether oxygens (including phenoxy) is 1. The van der Waals surface area contributed by atoms with Crippen molar-refractivity contribution in [1.82, 2.24) is 5.32 Å². The van der Waals surface area contributed by atoms with Crippen LogP contribution in [0.2, 0.25) is 0 Å². The van der Waals surface area contributed by atoms with Gasteiger partial charge in [0.2, 0.25) is 0 Å². The molecule has 0 aliphatic carbocycles. The van der Waals surface area contributed by atoms with Gasteiger partial charge in [-0.1, -0.05) is 12.1 Å². The lowest BCUT2D eigenvalue weighted by Crippen LogP contribution is -2.34. The van der Waals surface area contributed by atoms with E-state index in [4.69, 9.17) is 17.0 Å². The van der Waals surface area contributed by atoms with Crippen molar-refractivity contribution in [2.24, 2.45) is 0 Å². The van der Waals surface area contributed by atoms with Gasteiger partial charge < -0.3 is 15.4 Å². The Kier molecular flexibility index (Phi) is 6.94. The molecule has 3 rings (SSSR count). The van der Waals surface area contributed by atoms with Crippen molar-refractivity contribution in [1.29, 1.82) is 0 Å². The van der Waals surface area contributed by atoms with Crippen LogP contribution in [-0.2, 0) is 0 Å². The van der Waals surface area contributed by atoms with E-state index in [1.807, 2.05) is 18.4 Å². The van der Waals surface area contributed by atoms with Crippen molar-refractivity contribution in [3.8, 4) is 5.75 Å². The molecule has 0 spiro atoms. The first kappa shape index (κ1) is 20.5. The molecular formula is C21H19N3O3S2. The van der Waals surface area contributed by atoms with Crippen molar-refractivity contribution in [2.45, 2.75) is 6.92 Å². The van der Waals surface area contributed by atoms with E-state index in [9.17, 15) is 9.59 Å². The lowest BCUT2D eigenvalue weighted by atomic mass is 10.2. The maximum atomic E-state index is 12.3. The highest BCUT2D eigenvalue weighted by Gasteiger charge is 2.10. The second kappa shape index (κ2) is 9.81. The Bertz CT molecular complexity index is 1000. The van der Waals surface area contributed by atoms with Gasteiger partial charge in [-0.3, -0.25) is 14.9 Å². The molecule has 8 heteroatoms. The van der Waals surface area contributed by atoms with Gasteiger partial charge in [-0.25, -0.2) is 0 Å². The predicted octanol–water partition coefficient (Wildman–Crippen LogP) is 4.53. The maximum absolute atomic E-state index is 12.3. The third kappa shape index (κ3) is 5.87. The highest BCUT2D eigenvalue weighted by Crippen LogP contribution is 2.17. The van der Waals surface area contributed by atoms with Gasteiger partial charge in [0.15, 0.2) is 5.11 Å². The third-order valence-electron chi connectivity index (χ3n) is 3.78. The summed E-state index contributed by atoms with van der Waals surface area (Å²) in [6.07, 6.45) is 0. The van der Waals surface area contributed by atoms with Crippen LogP contribution in [0.25, 0.3) is 0 Å². The molecule has 148 valence electrons. The average Bonchev–Trinajstić information content (AvgIpc) is 3.25. The van der Waals surface area contributed by atoms with Crippen molar-refractivity contribution >= 4 is 51.9 Å². The summed E-state index contributed by atoms with van der Waals surface area (Å²) in [6.45, 7) is 2.40. The van der Waals surface area contributed by atoms with Gasteiger partial charge in [0, 0.05) is 16.9 Å². The Labute approximate surface area is 177 Å². The smallest absolute Gasteiger partial charge is 0.265 e. The van der Waals surface area contributed by atoms with Gasteiger partial charge in [-0.2, -0.15) is 0 Å². The summed E-state index contributed by atoms with van der Waals surface area (Å²) in [4.78, 5) is 25.1. The number of thiocarbonyl (C=S) groups is 1. The minimum absolute atomic E-state index is 0.155. The van der Waals surface area contributed by atoms with E-state index < -0.39 is 0 Å². The third-order valence-corrected chi connectivity index (χ3v) is 4.85. The summed E-state index contributed by atoms with van der Waals surface area (Å²) in [6, 6.07) is 17.5. The molecule has 0 bridgehead atoms. The fourth-order valence-electron chi connectivity index (χ4n) is 2.47. The van der Waals surface area contributed by atoms with Crippen LogP contribution in [0.5, 0.6) is 5.75 Å². The van der Waals surface area contributed by atoms with Gasteiger partial charge in [-0.05, 0) is 73.1 Å². The normalized spacial score (nSPS) is 10.1. The average molecular weight is 426 g/mol. The zero-order chi connectivity index (χ0) is 20.6. The second-order valence-corrected chi connectivity index (χ2v) is 7.23. The van der Waals surface area contributed by atoms with Crippen molar-refractivity contribution in [3.05, 3.63) is 76.5 Å². The number of rotatable bonds is 6. The number of thiophene rings is 1. The molecule has 0 saturated carbocycles. The summed E-state index contributed by atoms with van der Waals surface area (Å²) in [5.41, 5.74) is 1.80. The number of amides is 2. The number of nitrogens with one attached hydrogen (secondary N) is 3. The second-order valence-electron chi connectivity index (χ2n) is 5.88. The summed E-state index contributed by atoms with van der Waals surface area (Å²) >= 11 is 6.59. The van der Waals surface area contributed by atoms with Gasteiger partial charge in [0.25, 0.3) is 11.8 Å². The summed E-state index contributed by atoms with van der Waals surface area (Å²) < 4.78 is 5.40. The lowest BCUT2D eigenvalue weighted by Gasteiger charge is -2.11. The molecule has 0 aliphatic heterocycles. The highest BCUT2D eigenvalue weighted by atomic mass is 32.1. The van der Waals surface area contributed by atoms with Crippen LogP contribution in [0.3, 0.4) is 0 Å². The van der Waals surface area contributed by atoms with Crippen molar-refractivity contribution in [3.63, 3.8) is 0 Å². The minimum Gasteiger partial charge on any atom is -0.494 e. The zero-order valence-corrected chi connectivity index (χ0v) is 17.2. The maximum Gasteiger partial charge on any atom is 0.265 e. The number of anilines is 2. The summed E-state index contributed by atoms with van der Waals surface area (Å²) in [7, 11) is 0.